The van der Waals surface area contributed by atoms with Crippen molar-refractivity contribution in [3.8, 4) is 5.75 Å². The van der Waals surface area contributed by atoms with Crippen LogP contribution in [0.25, 0.3) is 0 Å². The molecule has 1 aromatic rings. The predicted octanol–water partition coefficient (Wildman–Crippen LogP) is 3.78. The van der Waals surface area contributed by atoms with Crippen molar-refractivity contribution in [3.63, 3.8) is 0 Å². The molecule has 0 heterocycles. The molecule has 1 aromatic carbocycles. The quantitative estimate of drug-likeness (QED) is 0.757. The van der Waals surface area contributed by atoms with Gasteiger partial charge >= 0.3 is 0 Å². The third-order valence-corrected chi connectivity index (χ3v) is 5.41. The Labute approximate surface area is 97.5 Å². The van der Waals surface area contributed by atoms with Gasteiger partial charge in [-0.1, -0.05) is 26.0 Å². The Morgan fingerprint density at radius 1 is 1.31 bits per heavy atom. The van der Waals surface area contributed by atoms with Crippen LogP contribution < -0.4 is 0 Å². The average molecular weight is 216 g/mol. The summed E-state index contributed by atoms with van der Waals surface area (Å²) < 4.78 is 0. The first-order chi connectivity index (χ1) is 7.47. The number of fused-ring (bicyclic) bond motifs is 1. The molecule has 2 saturated carbocycles. The average Bonchev–Trinajstić information content (AvgIpc) is 2.81. The Bertz CT molecular complexity index is 449. The van der Waals surface area contributed by atoms with Gasteiger partial charge in [-0.15, -0.1) is 0 Å². The topological polar surface area (TPSA) is 20.2 Å². The van der Waals surface area contributed by atoms with Crippen LogP contribution in [0.2, 0.25) is 0 Å². The SMILES string of the molecule is Cc1ccc(C2(C)CC[C@@H]3C[C@@]32C)c(O)c1. The fraction of sp³-hybridized carbons (Fsp3) is 0.600. The largest absolute Gasteiger partial charge is 0.508 e. The van der Waals surface area contributed by atoms with E-state index in [1.165, 1.54) is 24.8 Å². The first kappa shape index (κ1) is 10.2. The smallest absolute Gasteiger partial charge is 0.119 e. The summed E-state index contributed by atoms with van der Waals surface area (Å²) >= 11 is 0. The second-order valence-electron chi connectivity index (χ2n) is 6.21. The summed E-state index contributed by atoms with van der Waals surface area (Å²) in [5, 5.41) is 10.2. The molecule has 16 heavy (non-hydrogen) atoms. The lowest BCUT2D eigenvalue weighted by atomic mass is 9.70. The van der Waals surface area contributed by atoms with Crippen molar-refractivity contribution in [2.75, 3.05) is 0 Å². The number of rotatable bonds is 1. The van der Waals surface area contributed by atoms with Crippen molar-refractivity contribution >= 4 is 0 Å². The van der Waals surface area contributed by atoms with Crippen molar-refractivity contribution in [1.82, 2.24) is 0 Å². The van der Waals surface area contributed by atoms with Crippen LogP contribution in [0.3, 0.4) is 0 Å². The summed E-state index contributed by atoms with van der Waals surface area (Å²) in [5.74, 6) is 1.40. The van der Waals surface area contributed by atoms with E-state index in [0.717, 1.165) is 11.5 Å². The first-order valence-corrected chi connectivity index (χ1v) is 6.27. The van der Waals surface area contributed by atoms with Crippen molar-refractivity contribution in [2.45, 2.75) is 45.4 Å². The lowest BCUT2D eigenvalue weighted by Gasteiger charge is -2.34. The van der Waals surface area contributed by atoms with Gasteiger partial charge in [0.05, 0.1) is 0 Å². The molecule has 0 spiro atoms. The third-order valence-electron chi connectivity index (χ3n) is 5.41. The molecule has 86 valence electrons. The van der Waals surface area contributed by atoms with Crippen LogP contribution in [-0.4, -0.2) is 5.11 Å². The molecule has 2 fully saturated rings. The highest BCUT2D eigenvalue weighted by Gasteiger charge is 2.66. The van der Waals surface area contributed by atoms with E-state index in [-0.39, 0.29) is 5.41 Å². The summed E-state index contributed by atoms with van der Waals surface area (Å²) in [5.41, 5.74) is 2.94. The standard InChI is InChI=1S/C15H20O/c1-10-4-5-12(13(16)8-10)14(2)7-6-11-9-15(11,14)3/h4-5,8,11,16H,6-7,9H2,1-3H3/t11-,14?,15+/m1/s1. The number of hydrogen-bond donors (Lipinski definition) is 1. The molecular weight excluding hydrogens is 196 g/mol. The van der Waals surface area contributed by atoms with E-state index in [1.54, 1.807) is 0 Å². The molecule has 3 atom stereocenters. The molecule has 0 aliphatic heterocycles. The van der Waals surface area contributed by atoms with Crippen molar-refractivity contribution in [2.24, 2.45) is 11.3 Å². The fourth-order valence-corrected chi connectivity index (χ4v) is 3.85. The maximum absolute atomic E-state index is 10.2. The van der Waals surface area contributed by atoms with E-state index >= 15 is 0 Å². The van der Waals surface area contributed by atoms with Crippen LogP contribution in [0.4, 0.5) is 0 Å². The highest BCUT2D eigenvalue weighted by Crippen LogP contribution is 2.72. The Morgan fingerprint density at radius 2 is 2.06 bits per heavy atom. The van der Waals surface area contributed by atoms with Crippen LogP contribution in [0.5, 0.6) is 5.75 Å². The van der Waals surface area contributed by atoms with E-state index < -0.39 is 0 Å². The van der Waals surface area contributed by atoms with Gasteiger partial charge in [0.15, 0.2) is 0 Å². The molecule has 2 aliphatic carbocycles. The van der Waals surface area contributed by atoms with E-state index in [0.29, 0.717) is 11.2 Å². The normalized spacial score (nSPS) is 40.8. The first-order valence-electron chi connectivity index (χ1n) is 6.27. The summed E-state index contributed by atoms with van der Waals surface area (Å²) in [7, 11) is 0. The van der Waals surface area contributed by atoms with Gasteiger partial charge < -0.3 is 5.11 Å². The zero-order chi connectivity index (χ0) is 11.6. The molecule has 1 heteroatoms. The number of aromatic hydroxyl groups is 1. The predicted molar refractivity (Wildman–Crippen MR) is 65.6 cm³/mol. The fourth-order valence-electron chi connectivity index (χ4n) is 3.85. The molecule has 0 bridgehead atoms. The second-order valence-corrected chi connectivity index (χ2v) is 6.21. The molecule has 1 nitrogen and oxygen atoms in total. The number of phenols is 1. The number of hydrogen-bond acceptors (Lipinski definition) is 1. The van der Waals surface area contributed by atoms with Crippen LogP contribution in [-0.2, 0) is 5.41 Å². The summed E-state index contributed by atoms with van der Waals surface area (Å²) in [6, 6.07) is 6.16. The Hall–Kier alpha value is -0.980. The van der Waals surface area contributed by atoms with E-state index in [1.807, 2.05) is 13.0 Å². The molecule has 1 unspecified atom stereocenters. The van der Waals surface area contributed by atoms with Gasteiger partial charge in [-0.25, -0.2) is 0 Å². The molecule has 2 aliphatic rings. The van der Waals surface area contributed by atoms with Gasteiger partial charge in [0.1, 0.15) is 5.75 Å². The van der Waals surface area contributed by atoms with E-state index in [9.17, 15) is 5.11 Å². The Balaban J connectivity index is 2.09. The Morgan fingerprint density at radius 3 is 2.56 bits per heavy atom. The summed E-state index contributed by atoms with van der Waals surface area (Å²) in [4.78, 5) is 0. The van der Waals surface area contributed by atoms with Crippen molar-refractivity contribution < 1.29 is 5.11 Å². The van der Waals surface area contributed by atoms with Gasteiger partial charge in [-0.3, -0.25) is 0 Å². The number of phenolic OH excluding ortho intramolecular Hbond substituents is 1. The van der Waals surface area contributed by atoms with Gasteiger partial charge in [-0.05, 0) is 49.1 Å². The van der Waals surface area contributed by atoms with E-state index in [4.69, 9.17) is 0 Å². The molecule has 0 aromatic heterocycles. The Kier molecular flexibility index (Phi) is 1.80. The maximum atomic E-state index is 10.2. The minimum atomic E-state index is 0.190. The molecule has 3 rings (SSSR count). The van der Waals surface area contributed by atoms with Gasteiger partial charge in [0.2, 0.25) is 0 Å². The van der Waals surface area contributed by atoms with Crippen LogP contribution in [0.15, 0.2) is 18.2 Å². The van der Waals surface area contributed by atoms with Crippen LogP contribution in [0.1, 0.15) is 44.2 Å². The molecule has 0 saturated heterocycles. The molecule has 0 radical (unpaired) electrons. The minimum Gasteiger partial charge on any atom is -0.508 e. The highest BCUT2D eigenvalue weighted by atomic mass is 16.3. The lowest BCUT2D eigenvalue weighted by molar-refractivity contribution is 0.299. The lowest BCUT2D eigenvalue weighted by Crippen LogP contribution is -2.29. The number of aryl methyl sites for hydroxylation is 1. The molecule has 1 N–H and O–H groups in total. The third kappa shape index (κ3) is 1.07. The summed E-state index contributed by atoms with van der Waals surface area (Å²) in [6.07, 6.45) is 3.90. The van der Waals surface area contributed by atoms with Crippen LogP contribution >= 0.6 is 0 Å². The van der Waals surface area contributed by atoms with Crippen molar-refractivity contribution in [1.29, 1.82) is 0 Å². The van der Waals surface area contributed by atoms with Crippen LogP contribution in [0, 0.1) is 18.3 Å². The zero-order valence-corrected chi connectivity index (χ0v) is 10.4. The molecular formula is C15H20O. The van der Waals surface area contributed by atoms with Gasteiger partial charge in [0, 0.05) is 11.0 Å². The highest BCUT2D eigenvalue weighted by molar-refractivity contribution is 5.45. The summed E-state index contributed by atoms with van der Waals surface area (Å²) in [6.45, 7) is 6.76. The van der Waals surface area contributed by atoms with Gasteiger partial charge in [-0.2, -0.15) is 0 Å². The molecule has 0 amide bonds. The van der Waals surface area contributed by atoms with Crippen molar-refractivity contribution in [3.05, 3.63) is 29.3 Å². The second kappa shape index (κ2) is 2.82. The van der Waals surface area contributed by atoms with E-state index in [2.05, 4.69) is 26.0 Å². The maximum Gasteiger partial charge on any atom is 0.119 e. The monoisotopic (exact) mass is 216 g/mol. The minimum absolute atomic E-state index is 0.190. The van der Waals surface area contributed by atoms with Gasteiger partial charge in [0.25, 0.3) is 0 Å². The number of benzene rings is 1. The zero-order valence-electron chi connectivity index (χ0n) is 10.4.